The van der Waals surface area contributed by atoms with Gasteiger partial charge in [0.15, 0.2) is 0 Å². The van der Waals surface area contributed by atoms with Crippen LogP contribution in [-0.4, -0.2) is 7.11 Å². The van der Waals surface area contributed by atoms with Crippen LogP contribution in [0, 0.1) is 0 Å². The number of hydrogen-bond acceptors (Lipinski definition) is 1. The highest BCUT2D eigenvalue weighted by atomic mass is 19.4. The van der Waals surface area contributed by atoms with Gasteiger partial charge < -0.3 is 4.74 Å². The van der Waals surface area contributed by atoms with E-state index in [1.807, 2.05) is 31.2 Å². The first-order valence-electron chi connectivity index (χ1n) is 6.23. The molecule has 0 aromatic heterocycles. The fourth-order valence-corrected chi connectivity index (χ4v) is 2.05. The van der Waals surface area contributed by atoms with Crippen LogP contribution in [0.2, 0.25) is 0 Å². The van der Waals surface area contributed by atoms with E-state index in [4.69, 9.17) is 4.74 Å². The van der Waals surface area contributed by atoms with Crippen molar-refractivity contribution in [2.45, 2.75) is 19.0 Å². The Balaban J connectivity index is 2.22. The minimum Gasteiger partial charge on any atom is -0.497 e. The van der Waals surface area contributed by atoms with E-state index >= 15 is 0 Å². The fraction of sp³-hybridized carbons (Fsp3) is 0.250. The van der Waals surface area contributed by atoms with Crippen molar-refractivity contribution in [1.82, 2.24) is 0 Å². The Morgan fingerprint density at radius 1 is 0.850 bits per heavy atom. The number of methoxy groups -OCH3 is 1. The highest BCUT2D eigenvalue weighted by Gasteiger charge is 2.30. The molecule has 0 aliphatic carbocycles. The molecule has 0 heterocycles. The lowest BCUT2D eigenvalue weighted by molar-refractivity contribution is -0.137. The van der Waals surface area contributed by atoms with Crippen LogP contribution in [0.1, 0.15) is 29.5 Å². The predicted octanol–water partition coefficient (Wildman–Crippen LogP) is 4.87. The highest BCUT2D eigenvalue weighted by Crippen LogP contribution is 2.31. The largest absolute Gasteiger partial charge is 0.497 e. The van der Waals surface area contributed by atoms with E-state index in [2.05, 4.69) is 0 Å². The molecular weight excluding hydrogens is 265 g/mol. The van der Waals surface area contributed by atoms with Crippen molar-refractivity contribution in [1.29, 1.82) is 0 Å². The minimum atomic E-state index is -4.29. The van der Waals surface area contributed by atoms with Gasteiger partial charge >= 0.3 is 6.18 Å². The van der Waals surface area contributed by atoms with E-state index < -0.39 is 11.7 Å². The van der Waals surface area contributed by atoms with Crippen molar-refractivity contribution in [3.05, 3.63) is 65.2 Å². The van der Waals surface area contributed by atoms with Crippen molar-refractivity contribution < 1.29 is 17.9 Å². The highest BCUT2D eigenvalue weighted by molar-refractivity contribution is 5.36. The van der Waals surface area contributed by atoms with Crippen molar-refractivity contribution in [3.8, 4) is 5.75 Å². The summed E-state index contributed by atoms with van der Waals surface area (Å²) in [6, 6.07) is 12.8. The van der Waals surface area contributed by atoms with E-state index in [0.717, 1.165) is 29.0 Å². The molecule has 0 N–H and O–H groups in total. The molecule has 2 rings (SSSR count). The summed E-state index contributed by atoms with van der Waals surface area (Å²) in [5.41, 5.74) is 1.26. The molecule has 0 aliphatic heterocycles. The molecular formula is C16H15F3O. The molecule has 106 valence electrons. The van der Waals surface area contributed by atoms with E-state index in [1.165, 1.54) is 12.1 Å². The third kappa shape index (κ3) is 3.13. The number of benzene rings is 2. The average Bonchev–Trinajstić information content (AvgIpc) is 2.46. The van der Waals surface area contributed by atoms with Crippen LogP contribution < -0.4 is 4.74 Å². The monoisotopic (exact) mass is 280 g/mol. The van der Waals surface area contributed by atoms with Crippen LogP contribution in [0.4, 0.5) is 13.2 Å². The molecule has 0 fully saturated rings. The molecule has 1 unspecified atom stereocenters. The average molecular weight is 280 g/mol. The van der Waals surface area contributed by atoms with Gasteiger partial charge in [0.1, 0.15) is 5.75 Å². The summed E-state index contributed by atoms with van der Waals surface area (Å²) in [5, 5.41) is 0. The number of ether oxygens (including phenoxy) is 1. The number of rotatable bonds is 3. The molecule has 2 aromatic carbocycles. The van der Waals surface area contributed by atoms with Gasteiger partial charge in [0.2, 0.25) is 0 Å². The third-order valence-corrected chi connectivity index (χ3v) is 3.35. The maximum absolute atomic E-state index is 12.5. The smallest absolute Gasteiger partial charge is 0.416 e. The normalized spacial score (nSPS) is 13.1. The Hall–Kier alpha value is -1.97. The van der Waals surface area contributed by atoms with Crippen LogP contribution in [0.3, 0.4) is 0 Å². The summed E-state index contributed by atoms with van der Waals surface area (Å²) in [7, 11) is 1.59. The third-order valence-electron chi connectivity index (χ3n) is 3.35. The topological polar surface area (TPSA) is 9.23 Å². The summed E-state index contributed by atoms with van der Waals surface area (Å²) < 4.78 is 42.6. The molecule has 20 heavy (non-hydrogen) atoms. The second kappa shape index (κ2) is 5.57. The number of alkyl halides is 3. The van der Waals surface area contributed by atoms with Crippen molar-refractivity contribution in [2.75, 3.05) is 7.11 Å². The molecule has 0 amide bonds. The fourth-order valence-electron chi connectivity index (χ4n) is 2.05. The van der Waals surface area contributed by atoms with Gasteiger partial charge in [-0.2, -0.15) is 13.2 Å². The van der Waals surface area contributed by atoms with Gasteiger partial charge in [0.05, 0.1) is 12.7 Å². The van der Waals surface area contributed by atoms with Gasteiger partial charge in [0, 0.05) is 5.92 Å². The minimum absolute atomic E-state index is 0.0307. The van der Waals surface area contributed by atoms with E-state index in [9.17, 15) is 13.2 Å². The van der Waals surface area contributed by atoms with Gasteiger partial charge in [0.25, 0.3) is 0 Å². The zero-order valence-corrected chi connectivity index (χ0v) is 11.2. The first-order valence-corrected chi connectivity index (χ1v) is 6.23. The second-order valence-corrected chi connectivity index (χ2v) is 4.61. The Bertz CT molecular complexity index is 556. The van der Waals surface area contributed by atoms with E-state index in [1.54, 1.807) is 7.11 Å². The van der Waals surface area contributed by atoms with Crippen LogP contribution in [0.25, 0.3) is 0 Å². The molecule has 0 saturated carbocycles. The summed E-state index contributed by atoms with van der Waals surface area (Å²) in [5.74, 6) is 0.788. The first-order chi connectivity index (χ1) is 9.41. The summed E-state index contributed by atoms with van der Waals surface area (Å²) >= 11 is 0. The lowest BCUT2D eigenvalue weighted by atomic mass is 9.92. The Morgan fingerprint density at radius 3 is 1.70 bits per heavy atom. The molecule has 2 aromatic rings. The summed E-state index contributed by atoms with van der Waals surface area (Å²) in [4.78, 5) is 0. The zero-order chi connectivity index (χ0) is 14.8. The predicted molar refractivity (Wildman–Crippen MR) is 72.0 cm³/mol. The second-order valence-electron chi connectivity index (χ2n) is 4.61. The lowest BCUT2D eigenvalue weighted by Gasteiger charge is -2.14. The van der Waals surface area contributed by atoms with E-state index in [0.29, 0.717) is 0 Å². The zero-order valence-electron chi connectivity index (χ0n) is 11.2. The van der Waals surface area contributed by atoms with Crippen LogP contribution in [-0.2, 0) is 6.18 Å². The van der Waals surface area contributed by atoms with Gasteiger partial charge in [-0.25, -0.2) is 0 Å². The maximum Gasteiger partial charge on any atom is 0.416 e. The molecule has 0 radical (unpaired) electrons. The SMILES string of the molecule is COc1ccc(C(C)c2ccc(C(F)(F)F)cc2)cc1. The molecule has 1 atom stereocenters. The van der Waals surface area contributed by atoms with Crippen LogP contribution in [0.5, 0.6) is 5.75 Å². The van der Waals surface area contributed by atoms with E-state index in [-0.39, 0.29) is 5.92 Å². The van der Waals surface area contributed by atoms with Gasteiger partial charge in [-0.3, -0.25) is 0 Å². The summed E-state index contributed by atoms with van der Waals surface area (Å²) in [6.07, 6.45) is -4.29. The molecule has 1 nitrogen and oxygen atoms in total. The maximum atomic E-state index is 12.5. The standard InChI is InChI=1S/C16H15F3O/c1-11(13-5-9-15(20-2)10-6-13)12-3-7-14(8-4-12)16(17,18)19/h3-11H,1-2H3. The van der Waals surface area contributed by atoms with Crippen LogP contribution in [0.15, 0.2) is 48.5 Å². The van der Waals surface area contributed by atoms with Crippen molar-refractivity contribution in [2.24, 2.45) is 0 Å². The molecule has 0 bridgehead atoms. The Morgan fingerprint density at radius 2 is 1.30 bits per heavy atom. The Kier molecular flexibility index (Phi) is 4.02. The van der Waals surface area contributed by atoms with Gasteiger partial charge in [-0.1, -0.05) is 31.2 Å². The first kappa shape index (κ1) is 14.4. The molecule has 0 spiro atoms. The van der Waals surface area contributed by atoms with Crippen molar-refractivity contribution in [3.63, 3.8) is 0 Å². The van der Waals surface area contributed by atoms with Gasteiger partial charge in [-0.15, -0.1) is 0 Å². The van der Waals surface area contributed by atoms with Crippen LogP contribution >= 0.6 is 0 Å². The molecule has 4 heteroatoms. The quantitative estimate of drug-likeness (QED) is 0.779. The summed E-state index contributed by atoms with van der Waals surface area (Å²) in [6.45, 7) is 1.96. The number of hydrogen-bond donors (Lipinski definition) is 0. The van der Waals surface area contributed by atoms with Crippen molar-refractivity contribution >= 4 is 0 Å². The van der Waals surface area contributed by atoms with Gasteiger partial charge in [-0.05, 0) is 35.4 Å². The number of halogens is 3. The molecule has 0 aliphatic rings. The lowest BCUT2D eigenvalue weighted by Crippen LogP contribution is -2.05. The Labute approximate surface area is 116 Å². The molecule has 0 saturated heterocycles.